The summed E-state index contributed by atoms with van der Waals surface area (Å²) < 4.78 is 0. The molecule has 1 saturated heterocycles. The van der Waals surface area contributed by atoms with Crippen molar-refractivity contribution in [2.45, 2.75) is 34.1 Å². The lowest BCUT2D eigenvalue weighted by Crippen LogP contribution is -2.30. The van der Waals surface area contributed by atoms with Crippen LogP contribution in [0.25, 0.3) is 0 Å². The van der Waals surface area contributed by atoms with Gasteiger partial charge in [-0.15, -0.1) is 6.42 Å². The predicted molar refractivity (Wildman–Crippen MR) is 103 cm³/mol. The number of likely N-dealkylation sites (tertiary alicyclic amines) is 1. The fourth-order valence-corrected chi connectivity index (χ4v) is 2.87. The number of rotatable bonds is 6. The van der Waals surface area contributed by atoms with Crippen molar-refractivity contribution in [1.29, 1.82) is 0 Å². The second kappa shape index (κ2) is 8.36. The maximum absolute atomic E-state index is 13.2. The van der Waals surface area contributed by atoms with E-state index in [1.54, 1.807) is 18.2 Å². The maximum atomic E-state index is 13.2. The Bertz CT molecular complexity index is 694. The van der Waals surface area contributed by atoms with E-state index in [1.807, 2.05) is 45.9 Å². The Morgan fingerprint density at radius 3 is 2.54 bits per heavy atom. The Labute approximate surface area is 146 Å². The molecule has 0 radical (unpaired) electrons. The summed E-state index contributed by atoms with van der Waals surface area (Å²) in [7, 11) is 0. The number of hydrogen-bond donors (Lipinski definition) is 0. The molecule has 0 spiro atoms. The topological polar surface area (TPSA) is 20.3 Å². The molecule has 0 aromatic heterocycles. The molecular formula is C22H27NO. The van der Waals surface area contributed by atoms with Crippen molar-refractivity contribution < 1.29 is 4.79 Å². The van der Waals surface area contributed by atoms with Gasteiger partial charge in [-0.25, -0.2) is 0 Å². The van der Waals surface area contributed by atoms with E-state index in [9.17, 15) is 4.79 Å². The summed E-state index contributed by atoms with van der Waals surface area (Å²) in [6.07, 6.45) is 16.9. The van der Waals surface area contributed by atoms with E-state index in [-0.39, 0.29) is 5.78 Å². The Kier molecular flexibility index (Phi) is 6.80. The minimum absolute atomic E-state index is 0.0851. The van der Waals surface area contributed by atoms with Crippen molar-refractivity contribution >= 4 is 5.78 Å². The van der Waals surface area contributed by atoms with Crippen LogP contribution in [0, 0.1) is 17.8 Å². The standard InChI is InChI=1S/C22H27NO/c1-8-12-14-19(11-4)23-16-15-22(7,18(23)6)21(24)20(13-9-2)17(5)10-3/h1,9-14H,2,6,15-16H2,3-5,7H3/b14-12-,17-10-,19-11+,20-13+. The Hall–Kier alpha value is -2.53. The maximum Gasteiger partial charge on any atom is 0.174 e. The molecule has 2 heteroatoms. The lowest BCUT2D eigenvalue weighted by atomic mass is 9.77. The van der Waals surface area contributed by atoms with Crippen molar-refractivity contribution in [3.8, 4) is 12.3 Å². The monoisotopic (exact) mass is 321 g/mol. The molecule has 0 aliphatic carbocycles. The van der Waals surface area contributed by atoms with Crippen molar-refractivity contribution in [1.82, 2.24) is 4.90 Å². The SMILES string of the molecule is C#C/C=C\C(=C/C)N1CCC(C)(C(=O)C(=C/C=C)/C(C)=C\C)C1=C. The molecule has 0 amide bonds. The van der Waals surface area contributed by atoms with Crippen molar-refractivity contribution in [3.05, 3.63) is 72.2 Å². The van der Waals surface area contributed by atoms with Gasteiger partial charge in [0.2, 0.25) is 0 Å². The molecule has 1 rings (SSSR count). The van der Waals surface area contributed by atoms with Gasteiger partial charge in [0.15, 0.2) is 5.78 Å². The van der Waals surface area contributed by atoms with Crippen LogP contribution in [-0.4, -0.2) is 17.2 Å². The third-order valence-corrected chi connectivity index (χ3v) is 4.64. The molecule has 0 N–H and O–H groups in total. The van der Waals surface area contributed by atoms with E-state index < -0.39 is 5.41 Å². The normalized spacial score (nSPS) is 22.9. The van der Waals surface area contributed by atoms with Crippen LogP contribution < -0.4 is 0 Å². The fourth-order valence-electron chi connectivity index (χ4n) is 2.87. The van der Waals surface area contributed by atoms with E-state index >= 15 is 0 Å². The van der Waals surface area contributed by atoms with Crippen molar-refractivity contribution in [2.75, 3.05) is 6.54 Å². The smallest absolute Gasteiger partial charge is 0.174 e. The number of terminal acetylenes is 1. The number of Topliss-reactive ketones (excluding diaryl/α,β-unsaturated/α-hetero) is 1. The molecule has 1 aliphatic heterocycles. The number of nitrogens with zero attached hydrogens (tertiary/aromatic N) is 1. The number of carbonyl (C=O) groups is 1. The number of ketones is 1. The van der Waals surface area contributed by atoms with Crippen LogP contribution in [0.1, 0.15) is 34.1 Å². The minimum atomic E-state index is -0.628. The number of allylic oxidation sites excluding steroid dienone is 9. The lowest BCUT2D eigenvalue weighted by molar-refractivity contribution is -0.121. The van der Waals surface area contributed by atoms with Crippen LogP contribution in [-0.2, 0) is 4.79 Å². The quantitative estimate of drug-likeness (QED) is 0.392. The van der Waals surface area contributed by atoms with E-state index in [1.165, 1.54) is 0 Å². The first kappa shape index (κ1) is 19.5. The number of hydrogen-bond acceptors (Lipinski definition) is 2. The molecule has 1 heterocycles. The third kappa shape index (κ3) is 3.68. The number of carbonyl (C=O) groups excluding carboxylic acids is 1. The zero-order valence-electron chi connectivity index (χ0n) is 15.2. The molecule has 1 fully saturated rings. The zero-order chi connectivity index (χ0) is 18.3. The second-order valence-electron chi connectivity index (χ2n) is 6.01. The summed E-state index contributed by atoms with van der Waals surface area (Å²) in [6, 6.07) is 0. The molecule has 1 unspecified atom stereocenters. The average molecular weight is 321 g/mol. The Morgan fingerprint density at radius 2 is 2.04 bits per heavy atom. The molecule has 0 aromatic carbocycles. The van der Waals surface area contributed by atoms with Crippen LogP contribution in [0.15, 0.2) is 72.2 Å². The second-order valence-corrected chi connectivity index (χ2v) is 6.01. The van der Waals surface area contributed by atoms with E-state index in [0.717, 1.165) is 29.9 Å². The van der Waals surface area contributed by atoms with Crippen LogP contribution in [0.4, 0.5) is 0 Å². The summed E-state index contributed by atoms with van der Waals surface area (Å²) in [5.41, 5.74) is 2.79. The van der Waals surface area contributed by atoms with Crippen LogP contribution in [0.3, 0.4) is 0 Å². The third-order valence-electron chi connectivity index (χ3n) is 4.64. The molecule has 0 saturated carbocycles. The lowest BCUT2D eigenvalue weighted by Gasteiger charge is -2.29. The van der Waals surface area contributed by atoms with Crippen LogP contribution >= 0.6 is 0 Å². The molecule has 1 aliphatic rings. The zero-order valence-corrected chi connectivity index (χ0v) is 15.2. The van der Waals surface area contributed by atoms with Crippen molar-refractivity contribution in [2.24, 2.45) is 5.41 Å². The molecule has 126 valence electrons. The first-order valence-corrected chi connectivity index (χ1v) is 8.14. The fraction of sp³-hybridized carbons (Fsp3) is 0.318. The highest BCUT2D eigenvalue weighted by atomic mass is 16.1. The van der Waals surface area contributed by atoms with E-state index in [2.05, 4.69) is 24.0 Å². The van der Waals surface area contributed by atoms with Gasteiger partial charge in [0.25, 0.3) is 0 Å². The molecule has 0 aromatic rings. The van der Waals surface area contributed by atoms with Gasteiger partial charge in [0, 0.05) is 23.5 Å². The van der Waals surface area contributed by atoms with Gasteiger partial charge < -0.3 is 4.90 Å². The van der Waals surface area contributed by atoms with Crippen LogP contribution in [0.2, 0.25) is 0 Å². The van der Waals surface area contributed by atoms with Gasteiger partial charge in [-0.2, -0.15) is 0 Å². The van der Waals surface area contributed by atoms with E-state index in [4.69, 9.17) is 6.42 Å². The largest absolute Gasteiger partial charge is 0.345 e. The summed E-state index contributed by atoms with van der Waals surface area (Å²) in [4.78, 5) is 15.3. The molecule has 0 bridgehead atoms. The summed E-state index contributed by atoms with van der Waals surface area (Å²) in [5, 5.41) is 0. The molecule has 24 heavy (non-hydrogen) atoms. The van der Waals surface area contributed by atoms with Gasteiger partial charge in [-0.3, -0.25) is 4.79 Å². The average Bonchev–Trinajstić information content (AvgIpc) is 2.89. The van der Waals surface area contributed by atoms with Gasteiger partial charge in [-0.05, 0) is 51.8 Å². The Morgan fingerprint density at radius 1 is 1.38 bits per heavy atom. The van der Waals surface area contributed by atoms with Gasteiger partial charge >= 0.3 is 0 Å². The van der Waals surface area contributed by atoms with Gasteiger partial charge in [0.1, 0.15) is 0 Å². The van der Waals surface area contributed by atoms with Gasteiger partial charge in [-0.1, -0.05) is 43.4 Å². The molecule has 2 nitrogen and oxygen atoms in total. The summed E-state index contributed by atoms with van der Waals surface area (Å²) in [6.45, 7) is 16.5. The van der Waals surface area contributed by atoms with Crippen molar-refractivity contribution in [3.63, 3.8) is 0 Å². The van der Waals surface area contributed by atoms with Crippen LogP contribution in [0.5, 0.6) is 0 Å². The first-order valence-electron chi connectivity index (χ1n) is 8.14. The minimum Gasteiger partial charge on any atom is -0.345 e. The summed E-state index contributed by atoms with van der Waals surface area (Å²) >= 11 is 0. The highest BCUT2D eigenvalue weighted by Gasteiger charge is 2.45. The predicted octanol–water partition coefficient (Wildman–Crippen LogP) is 4.95. The Balaban J connectivity index is 3.22. The molecule has 1 atom stereocenters. The van der Waals surface area contributed by atoms with E-state index in [0.29, 0.717) is 5.57 Å². The highest BCUT2D eigenvalue weighted by molar-refractivity contribution is 6.05. The summed E-state index contributed by atoms with van der Waals surface area (Å²) in [5.74, 6) is 2.58. The van der Waals surface area contributed by atoms with Gasteiger partial charge in [0.05, 0.1) is 5.41 Å². The first-order chi connectivity index (χ1) is 11.4. The highest BCUT2D eigenvalue weighted by Crippen LogP contribution is 2.44. The molecular weight excluding hydrogens is 294 g/mol.